The normalized spacial score (nSPS) is 44.9. The van der Waals surface area contributed by atoms with Gasteiger partial charge in [-0.2, -0.15) is 5.26 Å². The number of hydrogen-bond acceptors (Lipinski definition) is 4. The Hall–Kier alpha value is -0.630. The Balaban J connectivity index is 2.10. The zero-order valence-corrected chi connectivity index (χ0v) is 5.59. The molecule has 2 aliphatic heterocycles. The second kappa shape index (κ2) is 2.20. The van der Waals surface area contributed by atoms with Gasteiger partial charge in [0.25, 0.3) is 0 Å². The summed E-state index contributed by atoms with van der Waals surface area (Å²) in [7, 11) is 0. The van der Waals surface area contributed by atoms with Crippen molar-refractivity contribution in [2.45, 2.75) is 18.1 Å². The quantitative estimate of drug-likeness (QED) is 0.376. The Morgan fingerprint density at radius 1 is 1.30 bits per heavy atom. The van der Waals surface area contributed by atoms with E-state index >= 15 is 0 Å². The number of nitrogens with zero attached hydrogens (tertiary/aromatic N) is 1. The van der Waals surface area contributed by atoms with Gasteiger partial charge in [-0.1, -0.05) is 0 Å². The van der Waals surface area contributed by atoms with Gasteiger partial charge in [-0.3, -0.25) is 16.0 Å². The molecule has 0 aromatic carbocycles. The number of rotatable bonds is 0. The van der Waals surface area contributed by atoms with Gasteiger partial charge in [0, 0.05) is 19.3 Å². The maximum Gasteiger partial charge on any atom is 0.112 e. The van der Waals surface area contributed by atoms with Crippen LogP contribution in [0.15, 0.2) is 0 Å². The molecule has 0 aromatic heterocycles. The molecular formula is C6H10N4. The first-order valence-corrected chi connectivity index (χ1v) is 3.51. The van der Waals surface area contributed by atoms with Gasteiger partial charge in [0.2, 0.25) is 0 Å². The molecule has 3 unspecified atom stereocenters. The van der Waals surface area contributed by atoms with Crippen molar-refractivity contribution < 1.29 is 0 Å². The van der Waals surface area contributed by atoms with E-state index in [2.05, 4.69) is 22.0 Å². The van der Waals surface area contributed by atoms with E-state index in [1.54, 1.807) is 0 Å². The maximum absolute atomic E-state index is 8.63. The highest BCUT2D eigenvalue weighted by Crippen LogP contribution is 2.10. The summed E-state index contributed by atoms with van der Waals surface area (Å²) in [5.41, 5.74) is 0. The minimum absolute atomic E-state index is 0.000000000000000666. The Morgan fingerprint density at radius 2 is 2.20 bits per heavy atom. The van der Waals surface area contributed by atoms with Crippen molar-refractivity contribution in [3.8, 4) is 6.07 Å². The molecule has 0 aliphatic carbocycles. The smallest absolute Gasteiger partial charge is 0.112 e. The lowest BCUT2D eigenvalue weighted by atomic mass is 10.1. The van der Waals surface area contributed by atoms with Crippen molar-refractivity contribution in [3.63, 3.8) is 0 Å². The van der Waals surface area contributed by atoms with E-state index in [0.717, 1.165) is 13.2 Å². The predicted octanol–water partition coefficient (Wildman–Crippen LogP) is -1.63. The van der Waals surface area contributed by atoms with E-state index in [1.165, 1.54) is 0 Å². The predicted molar refractivity (Wildman–Crippen MR) is 36.1 cm³/mol. The third kappa shape index (κ3) is 0.721. The average Bonchev–Trinajstić information content (AvgIpc) is 2.44. The maximum atomic E-state index is 8.63. The summed E-state index contributed by atoms with van der Waals surface area (Å²) in [4.78, 5) is 0. The Morgan fingerprint density at radius 3 is 3.00 bits per heavy atom. The molecular weight excluding hydrogens is 128 g/mol. The fraction of sp³-hybridized carbons (Fsp3) is 0.833. The summed E-state index contributed by atoms with van der Waals surface area (Å²) in [6.07, 6.45) is 0. The highest BCUT2D eigenvalue weighted by atomic mass is 15.3. The van der Waals surface area contributed by atoms with Crippen LogP contribution in [0.5, 0.6) is 0 Å². The van der Waals surface area contributed by atoms with E-state index in [4.69, 9.17) is 5.26 Å². The van der Waals surface area contributed by atoms with Crippen LogP contribution in [-0.2, 0) is 0 Å². The van der Waals surface area contributed by atoms with Crippen LogP contribution in [-0.4, -0.2) is 31.3 Å². The van der Waals surface area contributed by atoms with Crippen LogP contribution in [0.1, 0.15) is 0 Å². The SMILES string of the molecule is N#CC1NCC2NCNC12. The van der Waals surface area contributed by atoms with Gasteiger partial charge < -0.3 is 0 Å². The molecule has 0 bridgehead atoms. The van der Waals surface area contributed by atoms with Crippen molar-refractivity contribution in [1.29, 1.82) is 5.26 Å². The van der Waals surface area contributed by atoms with E-state index in [0.29, 0.717) is 12.1 Å². The molecule has 4 heteroatoms. The van der Waals surface area contributed by atoms with Crippen molar-refractivity contribution >= 4 is 0 Å². The van der Waals surface area contributed by atoms with Crippen LogP contribution < -0.4 is 16.0 Å². The van der Waals surface area contributed by atoms with E-state index in [9.17, 15) is 0 Å². The van der Waals surface area contributed by atoms with E-state index in [1.807, 2.05) is 0 Å². The fourth-order valence-corrected chi connectivity index (χ4v) is 1.63. The summed E-state index contributed by atoms with van der Waals surface area (Å²) in [6, 6.07) is 3.01. The lowest BCUT2D eigenvalue weighted by Gasteiger charge is -2.08. The highest BCUT2D eigenvalue weighted by Gasteiger charge is 2.38. The summed E-state index contributed by atoms with van der Waals surface area (Å²) < 4.78 is 0. The molecule has 2 heterocycles. The standard InChI is InChI=1S/C6H10N4/c7-1-4-6-5(2-8-4)9-3-10-6/h4-6,8-10H,2-3H2. The van der Waals surface area contributed by atoms with Gasteiger partial charge >= 0.3 is 0 Å². The molecule has 3 N–H and O–H groups in total. The molecule has 54 valence electrons. The van der Waals surface area contributed by atoms with Crippen molar-refractivity contribution in [3.05, 3.63) is 0 Å². The molecule has 2 rings (SSSR count). The van der Waals surface area contributed by atoms with Gasteiger partial charge in [-0.15, -0.1) is 0 Å². The van der Waals surface area contributed by atoms with Gasteiger partial charge in [-0.05, 0) is 0 Å². The Labute approximate surface area is 59.6 Å². The molecule has 4 nitrogen and oxygen atoms in total. The van der Waals surface area contributed by atoms with Gasteiger partial charge in [0.05, 0.1) is 12.1 Å². The molecule has 2 saturated heterocycles. The molecule has 2 fully saturated rings. The third-order valence-electron chi connectivity index (χ3n) is 2.19. The summed E-state index contributed by atoms with van der Waals surface area (Å²) in [5.74, 6) is 0. The first-order chi connectivity index (χ1) is 4.92. The first kappa shape index (κ1) is 6.10. The Bertz CT molecular complexity index is 173. The lowest BCUT2D eigenvalue weighted by Crippen LogP contribution is -2.38. The number of nitrogens with one attached hydrogen (secondary N) is 3. The minimum Gasteiger partial charge on any atom is -0.299 e. The third-order valence-corrected chi connectivity index (χ3v) is 2.19. The van der Waals surface area contributed by atoms with Crippen LogP contribution in [0.2, 0.25) is 0 Å². The number of fused-ring (bicyclic) bond motifs is 1. The lowest BCUT2D eigenvalue weighted by molar-refractivity contribution is 0.567. The number of nitriles is 1. The zero-order chi connectivity index (χ0) is 6.97. The largest absolute Gasteiger partial charge is 0.299 e. The summed E-state index contributed by atoms with van der Waals surface area (Å²) >= 11 is 0. The molecule has 10 heavy (non-hydrogen) atoms. The second-order valence-electron chi connectivity index (χ2n) is 2.73. The monoisotopic (exact) mass is 138 g/mol. The van der Waals surface area contributed by atoms with Gasteiger partial charge in [0.1, 0.15) is 6.04 Å². The first-order valence-electron chi connectivity index (χ1n) is 3.51. The molecule has 0 aromatic rings. The fourth-order valence-electron chi connectivity index (χ4n) is 1.63. The van der Waals surface area contributed by atoms with Crippen LogP contribution in [0, 0.1) is 11.3 Å². The molecule has 0 saturated carbocycles. The van der Waals surface area contributed by atoms with Crippen LogP contribution in [0.25, 0.3) is 0 Å². The molecule has 0 spiro atoms. The zero-order valence-electron chi connectivity index (χ0n) is 5.59. The van der Waals surface area contributed by atoms with Crippen molar-refractivity contribution in [1.82, 2.24) is 16.0 Å². The molecule has 0 radical (unpaired) electrons. The highest BCUT2D eigenvalue weighted by molar-refractivity contribution is 5.11. The topological polar surface area (TPSA) is 59.9 Å². The van der Waals surface area contributed by atoms with Crippen molar-refractivity contribution in [2.75, 3.05) is 13.2 Å². The second-order valence-corrected chi connectivity index (χ2v) is 2.73. The van der Waals surface area contributed by atoms with E-state index in [-0.39, 0.29) is 6.04 Å². The van der Waals surface area contributed by atoms with Crippen molar-refractivity contribution in [2.24, 2.45) is 0 Å². The minimum atomic E-state index is -0.000000000000000666. The molecule has 2 aliphatic rings. The number of hydrogen-bond donors (Lipinski definition) is 3. The summed E-state index contributed by atoms with van der Waals surface area (Å²) in [6.45, 7) is 1.76. The van der Waals surface area contributed by atoms with Crippen LogP contribution >= 0.6 is 0 Å². The average molecular weight is 138 g/mol. The summed E-state index contributed by atoms with van der Waals surface area (Å²) in [5, 5.41) is 18.2. The Kier molecular flexibility index (Phi) is 1.34. The van der Waals surface area contributed by atoms with Gasteiger partial charge in [-0.25, -0.2) is 0 Å². The molecule has 0 amide bonds. The van der Waals surface area contributed by atoms with Crippen LogP contribution in [0.3, 0.4) is 0 Å². The van der Waals surface area contributed by atoms with Gasteiger partial charge in [0.15, 0.2) is 0 Å². The van der Waals surface area contributed by atoms with Crippen LogP contribution in [0.4, 0.5) is 0 Å². The molecule has 3 atom stereocenters. The van der Waals surface area contributed by atoms with E-state index < -0.39 is 0 Å².